The normalized spacial score (nSPS) is 21.0. The Morgan fingerprint density at radius 2 is 2.05 bits per heavy atom. The Bertz CT molecular complexity index is 325. The second-order valence-corrected chi connectivity index (χ2v) is 6.24. The fourth-order valence-electron chi connectivity index (χ4n) is 2.72. The number of nitrogens with zero attached hydrogens (tertiary/aromatic N) is 1. The molecule has 5 nitrogen and oxygen atoms in total. The Morgan fingerprint density at radius 1 is 1.35 bits per heavy atom. The van der Waals surface area contributed by atoms with Crippen LogP contribution in [0.15, 0.2) is 0 Å². The quantitative estimate of drug-likeness (QED) is 0.725. The molecule has 1 fully saturated rings. The van der Waals surface area contributed by atoms with Crippen molar-refractivity contribution in [2.24, 2.45) is 5.92 Å². The van der Waals surface area contributed by atoms with Gasteiger partial charge in [0.2, 0.25) is 5.91 Å². The molecule has 1 amide bonds. The van der Waals surface area contributed by atoms with E-state index in [0.29, 0.717) is 12.6 Å². The summed E-state index contributed by atoms with van der Waals surface area (Å²) in [5, 5.41) is 6.31. The lowest BCUT2D eigenvalue weighted by atomic mass is 10.0. The number of nitrogens with one attached hydrogen (secondary N) is 2. The number of carbonyl (C=O) groups is 2. The van der Waals surface area contributed by atoms with E-state index >= 15 is 0 Å². The van der Waals surface area contributed by atoms with E-state index in [1.54, 1.807) is 0 Å². The summed E-state index contributed by atoms with van der Waals surface area (Å²) >= 11 is 0. The van der Waals surface area contributed by atoms with Gasteiger partial charge in [0.05, 0.1) is 12.6 Å². The average Bonchev–Trinajstić information content (AvgIpc) is 2.36. The van der Waals surface area contributed by atoms with Gasteiger partial charge < -0.3 is 10.6 Å². The highest BCUT2D eigenvalue weighted by Gasteiger charge is 2.22. The fraction of sp³-hybridized carbons (Fsp3) is 0.867. The van der Waals surface area contributed by atoms with E-state index in [4.69, 9.17) is 0 Å². The summed E-state index contributed by atoms with van der Waals surface area (Å²) in [5.41, 5.74) is 0. The van der Waals surface area contributed by atoms with Gasteiger partial charge in [0.15, 0.2) is 5.78 Å². The highest BCUT2D eigenvalue weighted by Crippen LogP contribution is 2.08. The Balaban J connectivity index is 2.34. The van der Waals surface area contributed by atoms with Crippen molar-refractivity contribution in [3.05, 3.63) is 0 Å². The van der Waals surface area contributed by atoms with E-state index in [-0.39, 0.29) is 23.7 Å². The zero-order valence-electron chi connectivity index (χ0n) is 13.2. The molecule has 0 aliphatic carbocycles. The highest BCUT2D eigenvalue weighted by atomic mass is 16.2. The Labute approximate surface area is 122 Å². The van der Waals surface area contributed by atoms with Gasteiger partial charge in [-0.3, -0.25) is 14.5 Å². The Kier molecular flexibility index (Phi) is 7.16. The first kappa shape index (κ1) is 17.1. The lowest BCUT2D eigenvalue weighted by molar-refractivity contribution is -0.128. The topological polar surface area (TPSA) is 61.4 Å². The summed E-state index contributed by atoms with van der Waals surface area (Å²) in [5.74, 6) is 0.0731. The minimum Gasteiger partial charge on any atom is -0.345 e. The molecular formula is C15H29N3O2. The van der Waals surface area contributed by atoms with Crippen LogP contribution in [0.4, 0.5) is 0 Å². The molecule has 0 bridgehead atoms. The van der Waals surface area contributed by atoms with Gasteiger partial charge in [0, 0.05) is 12.6 Å². The molecule has 0 aromatic rings. The largest absolute Gasteiger partial charge is 0.345 e. The number of rotatable bonds is 7. The fourth-order valence-corrected chi connectivity index (χ4v) is 2.72. The molecule has 1 aliphatic rings. The molecule has 0 aromatic carbocycles. The third kappa shape index (κ3) is 6.01. The average molecular weight is 283 g/mol. The lowest BCUT2D eigenvalue weighted by Gasteiger charge is -2.28. The molecule has 0 aromatic heterocycles. The molecule has 20 heavy (non-hydrogen) atoms. The molecule has 0 saturated carbocycles. The number of likely N-dealkylation sites (N-methyl/N-ethyl adjacent to an activating group) is 1. The van der Waals surface area contributed by atoms with Gasteiger partial charge in [0.1, 0.15) is 0 Å². The second kappa shape index (κ2) is 8.37. The van der Waals surface area contributed by atoms with Crippen LogP contribution >= 0.6 is 0 Å². The van der Waals surface area contributed by atoms with Gasteiger partial charge in [-0.25, -0.2) is 0 Å². The number of Topliss-reactive ketones (excluding diaryl/α,β-unsaturated/α-hetero) is 1. The van der Waals surface area contributed by atoms with Gasteiger partial charge in [-0.2, -0.15) is 0 Å². The van der Waals surface area contributed by atoms with E-state index in [0.717, 1.165) is 13.1 Å². The van der Waals surface area contributed by atoms with Crippen molar-refractivity contribution in [2.45, 2.75) is 52.1 Å². The number of hydrogen-bond donors (Lipinski definition) is 2. The van der Waals surface area contributed by atoms with E-state index in [9.17, 15) is 9.59 Å². The number of piperidine rings is 1. The minimum atomic E-state index is -0.372. The van der Waals surface area contributed by atoms with Crippen LogP contribution in [0.5, 0.6) is 0 Å². The van der Waals surface area contributed by atoms with E-state index in [1.807, 2.05) is 25.8 Å². The maximum atomic E-state index is 12.0. The Morgan fingerprint density at radius 3 is 2.55 bits per heavy atom. The van der Waals surface area contributed by atoms with Crippen molar-refractivity contribution in [1.82, 2.24) is 15.5 Å². The van der Waals surface area contributed by atoms with Crippen LogP contribution in [0.25, 0.3) is 0 Å². The molecule has 0 radical (unpaired) electrons. The maximum Gasteiger partial charge on any atom is 0.234 e. The Hall–Kier alpha value is -0.940. The molecule has 116 valence electrons. The molecule has 1 saturated heterocycles. The van der Waals surface area contributed by atoms with Crippen LogP contribution in [0.2, 0.25) is 0 Å². The van der Waals surface area contributed by atoms with Gasteiger partial charge in [-0.05, 0) is 39.3 Å². The van der Waals surface area contributed by atoms with Gasteiger partial charge >= 0.3 is 0 Å². The van der Waals surface area contributed by atoms with E-state index in [2.05, 4.69) is 10.6 Å². The standard InChI is InChI=1S/C15H29N3O2/c1-11(2)15(12(3)19)17-14(20)10-18(4)9-13-7-5-6-8-16-13/h11,13,15-16H,5-10H2,1-4H3,(H,17,20). The van der Waals surface area contributed by atoms with Gasteiger partial charge in [-0.1, -0.05) is 20.3 Å². The number of ketones is 1. The van der Waals surface area contributed by atoms with Crippen LogP contribution in [0.3, 0.4) is 0 Å². The molecular weight excluding hydrogens is 254 g/mol. The first-order valence-corrected chi connectivity index (χ1v) is 7.62. The summed E-state index contributed by atoms with van der Waals surface area (Å²) in [7, 11) is 1.95. The number of carbonyl (C=O) groups excluding carboxylic acids is 2. The van der Waals surface area contributed by atoms with Crippen molar-refractivity contribution in [3.8, 4) is 0 Å². The van der Waals surface area contributed by atoms with Gasteiger partial charge in [-0.15, -0.1) is 0 Å². The molecule has 2 atom stereocenters. The zero-order valence-corrected chi connectivity index (χ0v) is 13.2. The van der Waals surface area contributed by atoms with Crippen molar-refractivity contribution in [2.75, 3.05) is 26.7 Å². The summed E-state index contributed by atoms with van der Waals surface area (Å²) in [4.78, 5) is 25.5. The van der Waals surface area contributed by atoms with Crippen molar-refractivity contribution < 1.29 is 9.59 Å². The molecule has 2 unspecified atom stereocenters. The van der Waals surface area contributed by atoms with Crippen LogP contribution in [-0.4, -0.2) is 55.4 Å². The molecule has 1 rings (SSSR count). The van der Waals surface area contributed by atoms with Crippen LogP contribution in [-0.2, 0) is 9.59 Å². The molecule has 5 heteroatoms. The van der Waals surface area contributed by atoms with Crippen LogP contribution < -0.4 is 10.6 Å². The van der Waals surface area contributed by atoms with Gasteiger partial charge in [0.25, 0.3) is 0 Å². The number of amides is 1. The van der Waals surface area contributed by atoms with E-state index < -0.39 is 0 Å². The highest BCUT2D eigenvalue weighted by molar-refractivity contribution is 5.88. The summed E-state index contributed by atoms with van der Waals surface area (Å²) < 4.78 is 0. The molecule has 1 aliphatic heterocycles. The van der Waals surface area contributed by atoms with Crippen LogP contribution in [0.1, 0.15) is 40.0 Å². The second-order valence-electron chi connectivity index (χ2n) is 6.24. The smallest absolute Gasteiger partial charge is 0.234 e. The molecule has 2 N–H and O–H groups in total. The van der Waals surface area contributed by atoms with Crippen LogP contribution in [0, 0.1) is 5.92 Å². The lowest BCUT2D eigenvalue weighted by Crippen LogP contribution is -2.49. The maximum absolute atomic E-state index is 12.0. The summed E-state index contributed by atoms with van der Waals surface area (Å²) in [6.07, 6.45) is 3.68. The van der Waals surface area contributed by atoms with Crippen molar-refractivity contribution >= 4 is 11.7 Å². The van der Waals surface area contributed by atoms with Crippen molar-refractivity contribution in [1.29, 1.82) is 0 Å². The molecule has 0 spiro atoms. The SMILES string of the molecule is CC(=O)C(NC(=O)CN(C)CC1CCCCN1)C(C)C. The first-order valence-electron chi connectivity index (χ1n) is 7.62. The first-order chi connectivity index (χ1) is 9.40. The van der Waals surface area contributed by atoms with E-state index in [1.165, 1.54) is 26.2 Å². The number of hydrogen-bond acceptors (Lipinski definition) is 4. The zero-order chi connectivity index (χ0) is 15.1. The summed E-state index contributed by atoms with van der Waals surface area (Å²) in [6, 6.07) is 0.110. The monoisotopic (exact) mass is 283 g/mol. The van der Waals surface area contributed by atoms with Crippen molar-refractivity contribution in [3.63, 3.8) is 0 Å². The third-order valence-corrected chi connectivity index (χ3v) is 3.78. The predicted octanol–water partition coefficient (Wildman–Crippen LogP) is 0.790. The third-order valence-electron chi connectivity index (χ3n) is 3.78. The summed E-state index contributed by atoms with van der Waals surface area (Å²) in [6.45, 7) is 7.71. The predicted molar refractivity (Wildman–Crippen MR) is 80.6 cm³/mol. The molecule has 1 heterocycles. The minimum absolute atomic E-state index is 0.0185.